The van der Waals surface area contributed by atoms with Gasteiger partial charge in [0.05, 0.1) is 5.92 Å². The zero-order valence-electron chi connectivity index (χ0n) is 14.5. The molecule has 0 spiro atoms. The fraction of sp³-hybridized carbons (Fsp3) is 0.526. The number of H-pyrrole nitrogens is 1. The number of aryl methyl sites for hydroxylation is 1. The van der Waals surface area contributed by atoms with Crippen molar-refractivity contribution in [3.05, 3.63) is 35.5 Å². The van der Waals surface area contributed by atoms with Gasteiger partial charge >= 0.3 is 0 Å². The van der Waals surface area contributed by atoms with Crippen LogP contribution in [0.4, 0.5) is 0 Å². The Balaban J connectivity index is 0.00000208. The fourth-order valence-corrected chi connectivity index (χ4v) is 3.80. The quantitative estimate of drug-likeness (QED) is 0.791. The summed E-state index contributed by atoms with van der Waals surface area (Å²) >= 11 is 0. The Hall–Kier alpha value is -1.52. The number of aromatic nitrogens is 1. The summed E-state index contributed by atoms with van der Waals surface area (Å²) in [6.45, 7) is 4.78. The number of benzene rings is 1. The van der Waals surface area contributed by atoms with E-state index in [4.69, 9.17) is 5.73 Å². The Labute approximate surface area is 150 Å². The van der Waals surface area contributed by atoms with Crippen LogP contribution in [0.25, 0.3) is 10.9 Å². The molecule has 3 rings (SSSR count). The van der Waals surface area contributed by atoms with Gasteiger partial charge < -0.3 is 16.0 Å². The number of hydrogen-bond acceptors (Lipinski definition) is 2. The molecule has 4 nitrogen and oxygen atoms in total. The predicted octanol–water partition coefficient (Wildman–Crippen LogP) is 3.46. The van der Waals surface area contributed by atoms with Gasteiger partial charge in [-0.3, -0.25) is 4.79 Å². The molecule has 1 aromatic heterocycles. The molecular weight excluding hydrogens is 322 g/mol. The summed E-state index contributed by atoms with van der Waals surface area (Å²) < 4.78 is 0. The topological polar surface area (TPSA) is 70.9 Å². The molecule has 1 aliphatic carbocycles. The van der Waals surface area contributed by atoms with Crippen molar-refractivity contribution in [1.29, 1.82) is 0 Å². The number of nitrogens with one attached hydrogen (secondary N) is 2. The van der Waals surface area contributed by atoms with Crippen LogP contribution in [0.1, 0.15) is 43.7 Å². The van der Waals surface area contributed by atoms with Gasteiger partial charge in [-0.2, -0.15) is 0 Å². The number of hydrogen-bond donors (Lipinski definition) is 3. The minimum atomic E-state index is -0.361. The number of halogens is 1. The van der Waals surface area contributed by atoms with Gasteiger partial charge in [-0.25, -0.2) is 0 Å². The molecule has 0 radical (unpaired) electrons. The van der Waals surface area contributed by atoms with E-state index in [1.165, 1.54) is 22.0 Å². The molecule has 0 bridgehead atoms. The Morgan fingerprint density at radius 2 is 2.21 bits per heavy atom. The molecule has 0 saturated heterocycles. The van der Waals surface area contributed by atoms with Gasteiger partial charge in [0.1, 0.15) is 0 Å². The first-order valence-corrected chi connectivity index (χ1v) is 8.61. The second kappa shape index (κ2) is 7.58. The lowest BCUT2D eigenvalue weighted by Gasteiger charge is -2.37. The maximum Gasteiger partial charge on any atom is 0.224 e. The van der Waals surface area contributed by atoms with Gasteiger partial charge in [0.25, 0.3) is 0 Å². The van der Waals surface area contributed by atoms with Crippen molar-refractivity contribution < 1.29 is 4.79 Å². The first-order chi connectivity index (χ1) is 11.0. The standard InChI is InChI=1S/C19H27N3O.ClH/c1-13-6-5-7-15-14(12-22-17(13)15)9-11-21-18(23)16-8-3-4-10-19(16,2)20;/h5-7,12,16,22H,3-4,8-11,20H2,1-2H3,(H,21,23);1H. The average molecular weight is 350 g/mol. The van der Waals surface area contributed by atoms with Crippen molar-refractivity contribution >= 4 is 29.2 Å². The lowest BCUT2D eigenvalue weighted by Crippen LogP contribution is -2.53. The van der Waals surface area contributed by atoms with E-state index >= 15 is 0 Å². The first-order valence-electron chi connectivity index (χ1n) is 8.61. The number of fused-ring (bicyclic) bond motifs is 1. The van der Waals surface area contributed by atoms with Crippen LogP contribution in [0.5, 0.6) is 0 Å². The zero-order chi connectivity index (χ0) is 16.4. The van der Waals surface area contributed by atoms with Gasteiger partial charge in [0.15, 0.2) is 0 Å². The van der Waals surface area contributed by atoms with Gasteiger partial charge in [0.2, 0.25) is 5.91 Å². The maximum atomic E-state index is 12.5. The minimum Gasteiger partial charge on any atom is -0.361 e. The number of aromatic amines is 1. The second-order valence-corrected chi connectivity index (χ2v) is 7.16. The molecule has 1 amide bonds. The van der Waals surface area contributed by atoms with Gasteiger partial charge in [-0.15, -0.1) is 12.4 Å². The second-order valence-electron chi connectivity index (χ2n) is 7.16. The molecule has 1 aliphatic rings. The van der Waals surface area contributed by atoms with E-state index in [1.807, 2.05) is 6.92 Å². The molecule has 1 heterocycles. The van der Waals surface area contributed by atoms with Crippen LogP contribution < -0.4 is 11.1 Å². The van der Waals surface area contributed by atoms with Crippen LogP contribution in [0, 0.1) is 12.8 Å². The molecule has 4 N–H and O–H groups in total. The van der Waals surface area contributed by atoms with Crippen LogP contribution in [-0.2, 0) is 11.2 Å². The summed E-state index contributed by atoms with van der Waals surface area (Å²) in [5.41, 5.74) is 9.65. The van der Waals surface area contributed by atoms with E-state index < -0.39 is 0 Å². The van der Waals surface area contributed by atoms with E-state index in [0.29, 0.717) is 6.54 Å². The van der Waals surface area contributed by atoms with E-state index in [2.05, 4.69) is 41.6 Å². The smallest absolute Gasteiger partial charge is 0.224 e. The summed E-state index contributed by atoms with van der Waals surface area (Å²) in [4.78, 5) is 15.8. The van der Waals surface area contributed by atoms with Crippen LogP contribution in [0.15, 0.2) is 24.4 Å². The normalized spacial score (nSPS) is 23.7. The Kier molecular flexibility index (Phi) is 5.94. The zero-order valence-corrected chi connectivity index (χ0v) is 15.3. The molecule has 2 aromatic rings. The molecule has 0 aliphatic heterocycles. The monoisotopic (exact) mass is 349 g/mol. The van der Waals surface area contributed by atoms with Gasteiger partial charge in [-0.05, 0) is 44.2 Å². The van der Waals surface area contributed by atoms with E-state index in [1.54, 1.807) is 0 Å². The average Bonchev–Trinajstić information content (AvgIpc) is 2.91. The number of rotatable bonds is 4. The van der Waals surface area contributed by atoms with E-state index in [9.17, 15) is 4.79 Å². The third kappa shape index (κ3) is 3.76. The van der Waals surface area contributed by atoms with Crippen LogP contribution >= 0.6 is 12.4 Å². The SMILES string of the molecule is Cc1cccc2c(CCNC(=O)C3CCCCC3(C)N)c[nH]c12.Cl. The molecule has 1 fully saturated rings. The third-order valence-electron chi connectivity index (χ3n) is 5.27. The van der Waals surface area contributed by atoms with E-state index in [0.717, 1.165) is 32.1 Å². The minimum absolute atomic E-state index is 0. The highest BCUT2D eigenvalue weighted by molar-refractivity contribution is 5.86. The summed E-state index contributed by atoms with van der Waals surface area (Å²) in [5, 5.41) is 4.34. The molecule has 5 heteroatoms. The molecule has 2 atom stereocenters. The predicted molar refractivity (Wildman–Crippen MR) is 102 cm³/mol. The van der Waals surface area contributed by atoms with Crippen molar-refractivity contribution in [2.24, 2.45) is 11.7 Å². The highest BCUT2D eigenvalue weighted by Gasteiger charge is 2.37. The molecule has 132 valence electrons. The van der Waals surface area contributed by atoms with Gasteiger partial charge in [-0.1, -0.05) is 31.0 Å². The van der Waals surface area contributed by atoms with Crippen LogP contribution in [-0.4, -0.2) is 23.0 Å². The van der Waals surface area contributed by atoms with Crippen LogP contribution in [0.3, 0.4) is 0 Å². The Morgan fingerprint density at radius 1 is 1.42 bits per heavy atom. The number of nitrogens with two attached hydrogens (primary N) is 1. The van der Waals surface area contributed by atoms with Crippen molar-refractivity contribution in [1.82, 2.24) is 10.3 Å². The lowest BCUT2D eigenvalue weighted by molar-refractivity contribution is -0.128. The highest BCUT2D eigenvalue weighted by atomic mass is 35.5. The summed E-state index contributed by atoms with van der Waals surface area (Å²) in [7, 11) is 0. The van der Waals surface area contributed by atoms with Crippen molar-refractivity contribution in [2.75, 3.05) is 6.54 Å². The summed E-state index contributed by atoms with van der Waals surface area (Å²) in [6.07, 6.45) is 6.97. The lowest BCUT2D eigenvalue weighted by atomic mass is 9.74. The van der Waals surface area contributed by atoms with Crippen molar-refractivity contribution in [2.45, 2.75) is 51.5 Å². The number of carbonyl (C=O) groups is 1. The molecule has 1 aromatic carbocycles. The van der Waals surface area contributed by atoms with Crippen LogP contribution in [0.2, 0.25) is 0 Å². The number of carbonyl (C=O) groups excluding carboxylic acids is 1. The molecule has 2 unspecified atom stereocenters. The Morgan fingerprint density at radius 3 is 2.96 bits per heavy atom. The molecule has 24 heavy (non-hydrogen) atoms. The fourth-order valence-electron chi connectivity index (χ4n) is 3.80. The summed E-state index contributed by atoms with van der Waals surface area (Å²) in [6, 6.07) is 6.32. The van der Waals surface area contributed by atoms with E-state index in [-0.39, 0.29) is 29.8 Å². The summed E-state index contributed by atoms with van der Waals surface area (Å²) in [5.74, 6) is 0.0622. The number of para-hydroxylation sites is 1. The largest absolute Gasteiger partial charge is 0.361 e. The highest BCUT2D eigenvalue weighted by Crippen LogP contribution is 2.31. The molecule has 1 saturated carbocycles. The van der Waals surface area contributed by atoms with Crippen molar-refractivity contribution in [3.8, 4) is 0 Å². The van der Waals surface area contributed by atoms with Gasteiger partial charge in [0, 0.05) is 29.2 Å². The third-order valence-corrected chi connectivity index (χ3v) is 5.27. The number of amides is 1. The first kappa shape index (κ1) is 18.8. The molecular formula is C19H28ClN3O. The maximum absolute atomic E-state index is 12.5. The Bertz CT molecular complexity index is 708. The van der Waals surface area contributed by atoms with Crippen molar-refractivity contribution in [3.63, 3.8) is 0 Å².